The Morgan fingerprint density at radius 1 is 1.32 bits per heavy atom. The van der Waals surface area contributed by atoms with Gasteiger partial charge in [-0.3, -0.25) is 4.79 Å². The van der Waals surface area contributed by atoms with E-state index in [1.165, 1.54) is 24.3 Å². The minimum Gasteiger partial charge on any atom is -0.396 e. The zero-order valence-electron chi connectivity index (χ0n) is 13.8. The Morgan fingerprint density at radius 2 is 2.04 bits per heavy atom. The maximum absolute atomic E-state index is 12.5. The van der Waals surface area contributed by atoms with E-state index in [0.717, 1.165) is 0 Å². The van der Waals surface area contributed by atoms with Gasteiger partial charge in [0, 0.05) is 37.3 Å². The van der Waals surface area contributed by atoms with Crippen molar-refractivity contribution >= 4 is 15.9 Å². The van der Waals surface area contributed by atoms with Crippen molar-refractivity contribution < 1.29 is 27.4 Å². The number of benzene rings is 1. The molecule has 1 aromatic rings. The molecule has 9 heteroatoms. The number of aliphatic hydroxyl groups is 1. The third-order valence-electron chi connectivity index (χ3n) is 4.31. The molecule has 1 aliphatic heterocycles. The van der Waals surface area contributed by atoms with Gasteiger partial charge < -0.3 is 15.2 Å². The predicted molar refractivity (Wildman–Crippen MR) is 89.5 cm³/mol. The van der Waals surface area contributed by atoms with Crippen LogP contribution in [0.2, 0.25) is 0 Å². The number of aliphatic hydroxyl groups excluding tert-OH is 1. The van der Waals surface area contributed by atoms with Crippen LogP contribution in [0.15, 0.2) is 29.2 Å². The molecule has 1 amide bonds. The van der Waals surface area contributed by atoms with E-state index in [9.17, 15) is 22.7 Å². The molecule has 7 nitrogen and oxygen atoms in total. The fourth-order valence-corrected chi connectivity index (χ4v) is 3.80. The van der Waals surface area contributed by atoms with E-state index in [1.54, 1.807) is 0 Å². The topological polar surface area (TPSA) is 105 Å². The molecular weight excluding hydrogens is 351 g/mol. The third kappa shape index (κ3) is 5.21. The first-order valence-corrected chi connectivity index (χ1v) is 9.53. The zero-order valence-corrected chi connectivity index (χ0v) is 14.6. The van der Waals surface area contributed by atoms with Crippen LogP contribution in [-0.2, 0) is 14.8 Å². The summed E-state index contributed by atoms with van der Waals surface area (Å²) in [6, 6.07) is 5.53. The molecular formula is C16H23FN2O5S. The first-order valence-electron chi connectivity index (χ1n) is 8.05. The number of halogens is 1. The highest BCUT2D eigenvalue weighted by Crippen LogP contribution is 2.29. The summed E-state index contributed by atoms with van der Waals surface area (Å²) in [5.74, 6) is -0.536. The lowest BCUT2D eigenvalue weighted by Crippen LogP contribution is -2.43. The van der Waals surface area contributed by atoms with Crippen LogP contribution >= 0.6 is 0 Å². The lowest BCUT2D eigenvalue weighted by molar-refractivity contribution is -0.0126. The fraction of sp³-hybridized carbons (Fsp3) is 0.562. The van der Waals surface area contributed by atoms with Crippen molar-refractivity contribution in [1.29, 1.82) is 0 Å². The highest BCUT2D eigenvalue weighted by Gasteiger charge is 2.33. The number of nitrogens with one attached hydrogen (secondary N) is 2. The molecule has 1 heterocycles. The number of alkyl halides is 1. The van der Waals surface area contributed by atoms with Crippen molar-refractivity contribution in [2.45, 2.75) is 17.7 Å². The van der Waals surface area contributed by atoms with E-state index in [-0.39, 0.29) is 30.2 Å². The molecule has 25 heavy (non-hydrogen) atoms. The van der Waals surface area contributed by atoms with Gasteiger partial charge in [-0.1, -0.05) is 6.07 Å². The number of carbonyl (C=O) groups is 1. The fourth-order valence-electron chi connectivity index (χ4n) is 2.59. The van der Waals surface area contributed by atoms with E-state index < -0.39 is 28.0 Å². The zero-order chi connectivity index (χ0) is 18.3. The molecule has 2 rings (SSSR count). The van der Waals surface area contributed by atoms with Gasteiger partial charge in [0.2, 0.25) is 10.0 Å². The van der Waals surface area contributed by atoms with E-state index in [0.29, 0.717) is 26.1 Å². The molecule has 1 fully saturated rings. The van der Waals surface area contributed by atoms with Gasteiger partial charge in [-0.15, -0.1) is 0 Å². The molecule has 0 atom stereocenters. The quantitative estimate of drug-likeness (QED) is 0.613. The largest absolute Gasteiger partial charge is 0.396 e. The maximum atomic E-state index is 12.5. The maximum Gasteiger partial charge on any atom is 0.251 e. The average molecular weight is 374 g/mol. The molecule has 1 aliphatic rings. The number of ether oxygens (including phenoxy) is 1. The second kappa shape index (κ2) is 8.70. The number of rotatable bonds is 8. The van der Waals surface area contributed by atoms with Crippen LogP contribution in [0.3, 0.4) is 0 Å². The van der Waals surface area contributed by atoms with Gasteiger partial charge in [-0.25, -0.2) is 17.5 Å². The first-order chi connectivity index (χ1) is 11.9. The summed E-state index contributed by atoms with van der Waals surface area (Å²) >= 11 is 0. The van der Waals surface area contributed by atoms with E-state index in [4.69, 9.17) is 4.74 Å². The van der Waals surface area contributed by atoms with Crippen LogP contribution in [0.1, 0.15) is 23.2 Å². The molecule has 0 bridgehead atoms. The van der Waals surface area contributed by atoms with Crippen molar-refractivity contribution in [1.82, 2.24) is 10.0 Å². The van der Waals surface area contributed by atoms with Crippen LogP contribution in [0.4, 0.5) is 4.39 Å². The summed E-state index contributed by atoms with van der Waals surface area (Å²) in [6.45, 7) is 0.0877. The number of hydrogen-bond donors (Lipinski definition) is 3. The molecule has 0 aliphatic carbocycles. The number of hydrogen-bond acceptors (Lipinski definition) is 5. The summed E-state index contributed by atoms with van der Waals surface area (Å²) < 4.78 is 44.9. The van der Waals surface area contributed by atoms with Crippen molar-refractivity contribution in [3.8, 4) is 0 Å². The average Bonchev–Trinajstić information content (AvgIpc) is 2.65. The summed E-state index contributed by atoms with van der Waals surface area (Å²) in [5.41, 5.74) is -0.402. The predicted octanol–water partition coefficient (Wildman–Crippen LogP) is 0.453. The van der Waals surface area contributed by atoms with E-state index >= 15 is 0 Å². The summed E-state index contributed by atoms with van der Waals surface area (Å²) in [4.78, 5) is 11.8. The molecule has 0 spiro atoms. The molecule has 0 unspecified atom stereocenters. The number of carbonyl (C=O) groups excluding carboxylic acids is 1. The Kier molecular flexibility index (Phi) is 6.88. The minimum atomic E-state index is -3.84. The Balaban J connectivity index is 2.09. The normalized spacial score (nSPS) is 17.2. The van der Waals surface area contributed by atoms with Gasteiger partial charge in [0.05, 0.1) is 11.5 Å². The van der Waals surface area contributed by atoms with Crippen LogP contribution in [0.5, 0.6) is 0 Å². The second-order valence-electron chi connectivity index (χ2n) is 6.07. The van der Waals surface area contributed by atoms with Gasteiger partial charge >= 0.3 is 0 Å². The van der Waals surface area contributed by atoms with E-state index in [2.05, 4.69) is 10.0 Å². The van der Waals surface area contributed by atoms with Gasteiger partial charge in [-0.2, -0.15) is 0 Å². The lowest BCUT2D eigenvalue weighted by Gasteiger charge is -2.35. The molecule has 0 aromatic heterocycles. The Hall–Kier alpha value is -1.55. The molecule has 1 saturated heterocycles. The van der Waals surface area contributed by atoms with Gasteiger partial charge in [-0.05, 0) is 31.0 Å². The Labute approximate surface area is 146 Å². The Morgan fingerprint density at radius 3 is 2.68 bits per heavy atom. The monoisotopic (exact) mass is 374 g/mol. The first kappa shape index (κ1) is 19.8. The smallest absolute Gasteiger partial charge is 0.251 e. The van der Waals surface area contributed by atoms with Crippen LogP contribution in [-0.4, -0.2) is 59.0 Å². The van der Waals surface area contributed by atoms with Crippen molar-refractivity contribution in [3.05, 3.63) is 29.8 Å². The SMILES string of the molecule is O=C(NCCF)c1cccc(S(=O)(=O)NCC2(CO)CCOCC2)c1. The number of sulfonamides is 1. The van der Waals surface area contributed by atoms with Gasteiger partial charge in [0.1, 0.15) is 6.67 Å². The highest BCUT2D eigenvalue weighted by atomic mass is 32.2. The summed E-state index contributed by atoms with van der Waals surface area (Å²) in [5, 5.41) is 12.0. The van der Waals surface area contributed by atoms with Crippen LogP contribution < -0.4 is 10.0 Å². The number of amides is 1. The minimum absolute atomic E-state index is 0.0550. The third-order valence-corrected chi connectivity index (χ3v) is 5.71. The molecule has 1 aromatic carbocycles. The summed E-state index contributed by atoms with van der Waals surface area (Å²) in [6.07, 6.45) is 1.13. The molecule has 0 radical (unpaired) electrons. The second-order valence-corrected chi connectivity index (χ2v) is 7.83. The van der Waals surface area contributed by atoms with E-state index in [1.807, 2.05) is 0 Å². The lowest BCUT2D eigenvalue weighted by atomic mass is 9.81. The van der Waals surface area contributed by atoms with Crippen LogP contribution in [0, 0.1) is 5.41 Å². The van der Waals surface area contributed by atoms with Gasteiger partial charge in [0.25, 0.3) is 5.91 Å². The molecule has 140 valence electrons. The van der Waals surface area contributed by atoms with Crippen LogP contribution in [0.25, 0.3) is 0 Å². The van der Waals surface area contributed by atoms with Crippen molar-refractivity contribution in [2.75, 3.05) is 39.6 Å². The molecule has 3 N–H and O–H groups in total. The summed E-state index contributed by atoms with van der Waals surface area (Å²) in [7, 11) is -3.84. The van der Waals surface area contributed by atoms with Crippen molar-refractivity contribution in [2.24, 2.45) is 5.41 Å². The molecule has 0 saturated carbocycles. The highest BCUT2D eigenvalue weighted by molar-refractivity contribution is 7.89. The van der Waals surface area contributed by atoms with Crippen molar-refractivity contribution in [3.63, 3.8) is 0 Å². The Bertz CT molecular complexity index is 690. The standard InChI is InChI=1S/C16H23FN2O5S/c17-6-7-18-15(21)13-2-1-3-14(10-13)25(22,23)19-11-16(12-20)4-8-24-9-5-16/h1-3,10,19-20H,4-9,11-12H2,(H,18,21). The van der Waals surface area contributed by atoms with Gasteiger partial charge in [0.15, 0.2) is 0 Å².